The molecule has 18 heteroatoms. The second-order valence-corrected chi connectivity index (χ2v) is 22.6. The van der Waals surface area contributed by atoms with Crippen LogP contribution in [0.1, 0.15) is 87.0 Å². The first-order chi connectivity index (χ1) is 24.3. The summed E-state index contributed by atoms with van der Waals surface area (Å²) >= 11 is 8.24. The SMILES string of the molecule is CC(C)(C)c1csc(NC(=O)C(C)(C)S(=O)(=O)c2ccc(Cl)nc2)n1.CC(C)(C)c1csc(NC(=O)C(C)(C)S(=O)(=O)c2ccc(N3CCC3)nc2)n1. The van der Waals surface area contributed by atoms with Crippen LogP contribution in [0.3, 0.4) is 0 Å². The zero-order valence-corrected chi connectivity index (χ0v) is 35.5. The van der Waals surface area contributed by atoms with Crippen LogP contribution >= 0.6 is 34.3 Å². The van der Waals surface area contributed by atoms with E-state index in [0.717, 1.165) is 42.9 Å². The first-order valence-corrected chi connectivity index (χ1v) is 21.8. The monoisotopic (exact) mass is 823 g/mol. The minimum Gasteiger partial charge on any atom is -0.356 e. The normalized spacial score (nSPS) is 14.1. The molecule has 0 aliphatic carbocycles. The summed E-state index contributed by atoms with van der Waals surface area (Å²) in [6.45, 7) is 19.5. The second kappa shape index (κ2) is 15.3. The van der Waals surface area contributed by atoms with E-state index in [0.29, 0.717) is 10.3 Å². The maximum Gasteiger partial charge on any atom is 0.247 e. The molecule has 0 saturated carbocycles. The largest absolute Gasteiger partial charge is 0.356 e. The van der Waals surface area contributed by atoms with Crippen LogP contribution in [0.25, 0.3) is 0 Å². The molecule has 0 atom stereocenters. The molecule has 4 aromatic rings. The van der Waals surface area contributed by atoms with Crippen LogP contribution in [0.15, 0.2) is 57.2 Å². The van der Waals surface area contributed by atoms with Crippen LogP contribution < -0.4 is 15.5 Å². The highest BCUT2D eigenvalue weighted by Gasteiger charge is 2.44. The van der Waals surface area contributed by atoms with Crippen molar-refractivity contribution in [1.82, 2.24) is 19.9 Å². The van der Waals surface area contributed by atoms with Gasteiger partial charge in [-0.2, -0.15) is 0 Å². The predicted molar refractivity (Wildman–Crippen MR) is 212 cm³/mol. The van der Waals surface area contributed by atoms with Crippen LogP contribution in [0, 0.1) is 0 Å². The van der Waals surface area contributed by atoms with E-state index in [1.807, 2.05) is 52.3 Å². The first-order valence-electron chi connectivity index (χ1n) is 16.7. The maximum absolute atomic E-state index is 13.1. The molecule has 2 amide bonds. The third-order valence-electron chi connectivity index (χ3n) is 8.65. The van der Waals surface area contributed by atoms with Gasteiger partial charge in [-0.05, 0) is 58.4 Å². The van der Waals surface area contributed by atoms with Crippen molar-refractivity contribution in [3.05, 3.63) is 64.0 Å². The zero-order valence-electron chi connectivity index (χ0n) is 31.4. The highest BCUT2D eigenvalue weighted by molar-refractivity contribution is 7.94. The quantitative estimate of drug-likeness (QED) is 0.167. The Labute approximate surface area is 324 Å². The van der Waals surface area contributed by atoms with Crippen LogP contribution in [-0.2, 0) is 40.1 Å². The molecule has 2 N–H and O–H groups in total. The molecule has 288 valence electrons. The Kier molecular flexibility index (Phi) is 12.2. The van der Waals surface area contributed by atoms with Crippen molar-refractivity contribution in [2.24, 2.45) is 0 Å². The van der Waals surface area contributed by atoms with Crippen molar-refractivity contribution in [2.45, 2.75) is 106 Å². The van der Waals surface area contributed by atoms with Crippen molar-refractivity contribution in [1.29, 1.82) is 0 Å². The van der Waals surface area contributed by atoms with Gasteiger partial charge in [0.15, 0.2) is 29.9 Å². The number of hydrogen-bond acceptors (Lipinski definition) is 13. The summed E-state index contributed by atoms with van der Waals surface area (Å²) in [6.07, 6.45) is 3.59. The highest BCUT2D eigenvalue weighted by Crippen LogP contribution is 2.32. The number of nitrogens with one attached hydrogen (secondary N) is 2. The predicted octanol–water partition coefficient (Wildman–Crippen LogP) is 6.92. The number of amides is 2. The molecule has 0 radical (unpaired) electrons. The molecule has 53 heavy (non-hydrogen) atoms. The van der Waals surface area contributed by atoms with E-state index in [-0.39, 0.29) is 25.8 Å². The highest BCUT2D eigenvalue weighted by atomic mass is 35.5. The maximum atomic E-state index is 13.1. The average molecular weight is 825 g/mol. The average Bonchev–Trinajstić information content (AvgIpc) is 3.71. The standard InChI is InChI=1S/C19H26N4O3S2.C16H20ClN3O3S2/c1-18(2,3)14-12-27-17(21-14)22-16(24)19(4,5)28(25,26)13-7-8-15(20-11-13)23-9-6-10-23;1-15(2,3)11-9-24-14(19-11)20-13(21)16(4,5)25(22,23)10-6-7-12(17)18-8-10/h7-8,11-12H,6,9-10H2,1-5H3,(H,21,22,24);6-9H,1-5H3,(H,19,20,21). The number of carbonyl (C=O) groups excluding carboxylic acids is 2. The molecule has 5 rings (SSSR count). The molecule has 0 aromatic carbocycles. The van der Waals surface area contributed by atoms with Crippen LogP contribution in [-0.4, -0.2) is 71.2 Å². The number of aromatic nitrogens is 4. The summed E-state index contributed by atoms with van der Waals surface area (Å²) in [5.74, 6) is -0.517. The number of thiazole rings is 2. The Morgan fingerprint density at radius 1 is 0.679 bits per heavy atom. The van der Waals surface area contributed by atoms with Crippen molar-refractivity contribution < 1.29 is 26.4 Å². The molecule has 1 aliphatic rings. The number of sulfone groups is 2. The van der Waals surface area contributed by atoms with Gasteiger partial charge in [0.1, 0.15) is 20.5 Å². The molecule has 13 nitrogen and oxygen atoms in total. The lowest BCUT2D eigenvalue weighted by molar-refractivity contribution is -0.118. The van der Waals surface area contributed by atoms with Crippen LogP contribution in [0.5, 0.6) is 0 Å². The molecule has 0 unspecified atom stereocenters. The number of carbonyl (C=O) groups is 2. The minimum atomic E-state index is -3.95. The fourth-order valence-corrected chi connectivity index (χ4v) is 9.09. The van der Waals surface area contributed by atoms with Gasteiger partial charge in [0.05, 0.1) is 21.2 Å². The minimum absolute atomic E-state index is 0.0337. The van der Waals surface area contributed by atoms with Crippen LogP contribution in [0.2, 0.25) is 5.15 Å². The lowest BCUT2D eigenvalue weighted by Gasteiger charge is -2.32. The fraction of sp³-hybridized carbons (Fsp3) is 0.486. The van der Waals surface area contributed by atoms with Crippen molar-refractivity contribution in [3.8, 4) is 0 Å². The molecule has 1 fully saturated rings. The van der Waals surface area contributed by atoms with E-state index in [9.17, 15) is 26.4 Å². The summed E-state index contributed by atoms with van der Waals surface area (Å²) in [5.41, 5.74) is 1.37. The molecule has 4 aromatic heterocycles. The van der Waals surface area contributed by atoms with E-state index >= 15 is 0 Å². The summed E-state index contributed by atoms with van der Waals surface area (Å²) < 4.78 is 48.4. The second-order valence-electron chi connectivity index (χ2n) is 15.5. The molecule has 1 aliphatic heterocycles. The summed E-state index contributed by atoms with van der Waals surface area (Å²) in [5, 5.41) is 9.92. The molecule has 5 heterocycles. The Morgan fingerprint density at radius 2 is 1.09 bits per heavy atom. The summed E-state index contributed by atoms with van der Waals surface area (Å²) in [7, 11) is -7.88. The van der Waals surface area contributed by atoms with Crippen molar-refractivity contribution in [2.75, 3.05) is 28.6 Å². The van der Waals surface area contributed by atoms with E-state index in [4.69, 9.17) is 11.6 Å². The van der Waals surface area contributed by atoms with E-state index in [1.165, 1.54) is 74.8 Å². The van der Waals surface area contributed by atoms with Gasteiger partial charge in [0.25, 0.3) is 0 Å². The van der Waals surface area contributed by atoms with Gasteiger partial charge in [0.2, 0.25) is 11.8 Å². The first kappa shape index (κ1) is 42.2. The number of halogens is 1. The van der Waals surface area contributed by atoms with Gasteiger partial charge < -0.3 is 15.5 Å². The molecular formula is C35H46ClN7O6S4. The molecule has 1 saturated heterocycles. The van der Waals surface area contributed by atoms with Gasteiger partial charge >= 0.3 is 0 Å². The van der Waals surface area contributed by atoms with Gasteiger partial charge in [-0.25, -0.2) is 36.8 Å². The third-order valence-corrected chi connectivity index (χ3v) is 15.2. The molecule has 0 bridgehead atoms. The number of anilines is 3. The third kappa shape index (κ3) is 9.24. The van der Waals surface area contributed by atoms with E-state index in [1.54, 1.807) is 6.07 Å². The lowest BCUT2D eigenvalue weighted by atomic mass is 9.93. The Bertz CT molecular complexity index is 2160. The van der Waals surface area contributed by atoms with Crippen molar-refractivity contribution in [3.63, 3.8) is 0 Å². The van der Waals surface area contributed by atoms with Gasteiger partial charge in [0, 0.05) is 47.1 Å². The number of hydrogen-bond donors (Lipinski definition) is 2. The van der Waals surface area contributed by atoms with Crippen molar-refractivity contribution >= 4 is 81.8 Å². The smallest absolute Gasteiger partial charge is 0.247 e. The Hall–Kier alpha value is -3.51. The topological polar surface area (TPSA) is 181 Å². The zero-order chi connectivity index (χ0) is 39.8. The number of pyridine rings is 2. The molecule has 0 spiro atoms. The summed E-state index contributed by atoms with van der Waals surface area (Å²) in [6, 6.07) is 5.92. The Morgan fingerprint density at radius 3 is 1.40 bits per heavy atom. The van der Waals surface area contributed by atoms with Gasteiger partial charge in [-0.3, -0.25) is 9.59 Å². The fourth-order valence-electron chi connectivity index (χ4n) is 4.46. The number of rotatable bonds is 9. The van der Waals surface area contributed by atoms with E-state index in [2.05, 4.69) is 35.5 Å². The van der Waals surface area contributed by atoms with Gasteiger partial charge in [-0.15, -0.1) is 22.7 Å². The Balaban J connectivity index is 0.000000238. The van der Waals surface area contributed by atoms with Crippen LogP contribution in [0.4, 0.5) is 16.1 Å². The number of nitrogens with zero attached hydrogens (tertiary/aromatic N) is 5. The summed E-state index contributed by atoms with van der Waals surface area (Å²) in [4.78, 5) is 44.3. The molecular weight excluding hydrogens is 778 g/mol. The van der Waals surface area contributed by atoms with E-state index < -0.39 is 41.0 Å². The van der Waals surface area contributed by atoms with Gasteiger partial charge in [-0.1, -0.05) is 53.1 Å². The lowest BCUT2D eigenvalue weighted by Crippen LogP contribution is -2.44.